The molecule has 0 spiro atoms. The molecule has 2 aromatic heterocycles. The summed E-state index contributed by atoms with van der Waals surface area (Å²) in [5.74, 6) is -1.54. The Balaban J connectivity index is 2.01. The van der Waals surface area contributed by atoms with Gasteiger partial charge in [-0.3, -0.25) is 4.79 Å². The van der Waals surface area contributed by atoms with Crippen molar-refractivity contribution in [2.24, 2.45) is 0 Å². The fraction of sp³-hybridized carbons (Fsp3) is 0.400. The summed E-state index contributed by atoms with van der Waals surface area (Å²) in [7, 11) is 1.61. The molecule has 0 saturated carbocycles. The van der Waals surface area contributed by atoms with Gasteiger partial charge in [-0.15, -0.1) is 11.3 Å². The van der Waals surface area contributed by atoms with Crippen LogP contribution in [0.3, 0.4) is 0 Å². The number of amides is 1. The van der Waals surface area contributed by atoms with Gasteiger partial charge < -0.3 is 19.2 Å². The molecule has 1 N–H and O–H groups in total. The van der Waals surface area contributed by atoms with Gasteiger partial charge in [-0.05, 0) is 13.8 Å². The van der Waals surface area contributed by atoms with Gasteiger partial charge in [0.1, 0.15) is 17.4 Å². The van der Waals surface area contributed by atoms with Crippen molar-refractivity contribution in [3.63, 3.8) is 0 Å². The van der Waals surface area contributed by atoms with E-state index in [1.807, 2.05) is 19.2 Å². The number of carboxylic acid groups (broad SMARTS) is 1. The van der Waals surface area contributed by atoms with Crippen molar-refractivity contribution in [3.05, 3.63) is 39.7 Å². The summed E-state index contributed by atoms with van der Waals surface area (Å²) in [5, 5.41) is 11.6. The summed E-state index contributed by atoms with van der Waals surface area (Å²) in [5.41, 5.74) is 0.695. The molecule has 0 bridgehead atoms. The second kappa shape index (κ2) is 7.38. The van der Waals surface area contributed by atoms with Gasteiger partial charge >= 0.3 is 5.97 Å². The summed E-state index contributed by atoms with van der Waals surface area (Å²) in [6.45, 7) is 4.76. The molecule has 124 valence electrons. The highest BCUT2D eigenvalue weighted by Gasteiger charge is 2.19. The third-order valence-electron chi connectivity index (χ3n) is 3.14. The monoisotopic (exact) mass is 338 g/mol. The lowest BCUT2D eigenvalue weighted by Crippen LogP contribution is -2.26. The zero-order valence-corrected chi connectivity index (χ0v) is 13.9. The van der Waals surface area contributed by atoms with Crippen molar-refractivity contribution >= 4 is 23.2 Å². The van der Waals surface area contributed by atoms with E-state index in [0.29, 0.717) is 13.2 Å². The zero-order valence-electron chi connectivity index (χ0n) is 13.1. The SMILES string of the molecule is CCOC(C)c1nc(CN(C)C(=O)c2cc(C(=O)O)co2)cs1. The van der Waals surface area contributed by atoms with E-state index in [0.717, 1.165) is 17.0 Å². The van der Waals surface area contributed by atoms with Crippen LogP contribution in [0.15, 0.2) is 22.1 Å². The average Bonchev–Trinajstić information content (AvgIpc) is 3.15. The maximum absolute atomic E-state index is 12.2. The molecule has 8 heteroatoms. The molecule has 23 heavy (non-hydrogen) atoms. The van der Waals surface area contributed by atoms with Crippen molar-refractivity contribution in [3.8, 4) is 0 Å². The van der Waals surface area contributed by atoms with Gasteiger partial charge in [-0.1, -0.05) is 0 Å². The Morgan fingerprint density at radius 3 is 2.87 bits per heavy atom. The van der Waals surface area contributed by atoms with Crippen LogP contribution >= 0.6 is 11.3 Å². The highest BCUT2D eigenvalue weighted by Crippen LogP contribution is 2.22. The number of ether oxygens (including phenoxy) is 1. The topological polar surface area (TPSA) is 92.9 Å². The molecule has 0 aliphatic heterocycles. The summed E-state index contributed by atoms with van der Waals surface area (Å²) in [6.07, 6.45) is 0.969. The van der Waals surface area contributed by atoms with Gasteiger partial charge in [0.15, 0.2) is 5.76 Å². The van der Waals surface area contributed by atoms with E-state index in [4.69, 9.17) is 14.3 Å². The number of carbonyl (C=O) groups excluding carboxylic acids is 1. The zero-order chi connectivity index (χ0) is 17.0. The highest BCUT2D eigenvalue weighted by atomic mass is 32.1. The van der Waals surface area contributed by atoms with Gasteiger partial charge in [-0.2, -0.15) is 0 Å². The maximum atomic E-state index is 12.2. The lowest BCUT2D eigenvalue weighted by molar-refractivity contribution is 0.0694. The fourth-order valence-corrected chi connectivity index (χ4v) is 2.78. The first kappa shape index (κ1) is 17.2. The quantitative estimate of drug-likeness (QED) is 0.834. The van der Waals surface area contributed by atoms with Crippen LogP contribution in [-0.4, -0.2) is 40.5 Å². The Labute approximate surface area is 137 Å². The number of carboxylic acids is 1. The Hall–Kier alpha value is -2.19. The first-order valence-corrected chi connectivity index (χ1v) is 7.93. The molecule has 1 amide bonds. The first-order valence-electron chi connectivity index (χ1n) is 7.05. The van der Waals surface area contributed by atoms with E-state index in [1.165, 1.54) is 22.3 Å². The molecule has 2 heterocycles. The van der Waals surface area contributed by atoms with E-state index in [1.54, 1.807) is 7.05 Å². The van der Waals surface area contributed by atoms with Gasteiger partial charge in [-0.25, -0.2) is 9.78 Å². The summed E-state index contributed by atoms with van der Waals surface area (Å²) < 4.78 is 10.5. The second-order valence-corrected chi connectivity index (χ2v) is 5.83. The predicted molar refractivity (Wildman–Crippen MR) is 83.6 cm³/mol. The molecule has 0 fully saturated rings. The Morgan fingerprint density at radius 2 is 2.26 bits per heavy atom. The standard InChI is InChI=1S/C15H18N2O5S/c1-4-21-9(2)13-16-11(8-23-13)6-17(3)14(18)12-5-10(7-22-12)15(19)20/h5,7-9H,4,6H2,1-3H3,(H,19,20). The first-order chi connectivity index (χ1) is 10.9. The third-order valence-corrected chi connectivity index (χ3v) is 4.19. The van der Waals surface area contributed by atoms with Crippen LogP contribution in [0, 0.1) is 0 Å². The number of furan rings is 1. The van der Waals surface area contributed by atoms with Crippen LogP contribution in [-0.2, 0) is 11.3 Å². The Morgan fingerprint density at radius 1 is 1.52 bits per heavy atom. The molecule has 1 unspecified atom stereocenters. The van der Waals surface area contributed by atoms with Crippen molar-refractivity contribution in [2.75, 3.05) is 13.7 Å². The van der Waals surface area contributed by atoms with Crippen molar-refractivity contribution in [1.29, 1.82) is 0 Å². The smallest absolute Gasteiger partial charge is 0.338 e. The number of hydrogen-bond donors (Lipinski definition) is 1. The Kier molecular flexibility index (Phi) is 5.51. The molecule has 2 rings (SSSR count). The lowest BCUT2D eigenvalue weighted by atomic mass is 10.3. The van der Waals surface area contributed by atoms with Crippen molar-refractivity contribution < 1.29 is 23.8 Å². The van der Waals surface area contributed by atoms with E-state index in [9.17, 15) is 9.59 Å². The van der Waals surface area contributed by atoms with E-state index >= 15 is 0 Å². The van der Waals surface area contributed by atoms with Gasteiger partial charge in [0.25, 0.3) is 5.91 Å². The maximum Gasteiger partial charge on any atom is 0.338 e. The van der Waals surface area contributed by atoms with Crippen LogP contribution in [0.25, 0.3) is 0 Å². The largest absolute Gasteiger partial charge is 0.478 e. The van der Waals surface area contributed by atoms with Crippen LogP contribution in [0.4, 0.5) is 0 Å². The Bertz CT molecular complexity index is 694. The molecule has 2 aromatic rings. The van der Waals surface area contributed by atoms with Crippen LogP contribution in [0.1, 0.15) is 51.6 Å². The summed E-state index contributed by atoms with van der Waals surface area (Å²) >= 11 is 1.48. The molecular weight excluding hydrogens is 320 g/mol. The second-order valence-electron chi connectivity index (χ2n) is 4.94. The number of aromatic nitrogens is 1. The number of aromatic carboxylic acids is 1. The van der Waals surface area contributed by atoms with Gasteiger partial charge in [0.05, 0.1) is 17.8 Å². The molecule has 1 atom stereocenters. The van der Waals surface area contributed by atoms with Crippen molar-refractivity contribution in [1.82, 2.24) is 9.88 Å². The molecule has 7 nitrogen and oxygen atoms in total. The molecule has 0 aromatic carbocycles. The summed E-state index contributed by atoms with van der Waals surface area (Å²) in [6, 6.07) is 1.21. The van der Waals surface area contributed by atoms with Gasteiger partial charge in [0, 0.05) is 25.1 Å². The molecule has 0 radical (unpaired) electrons. The normalized spacial score (nSPS) is 12.1. The highest BCUT2D eigenvalue weighted by molar-refractivity contribution is 7.09. The van der Waals surface area contributed by atoms with Gasteiger partial charge in [0.2, 0.25) is 0 Å². The minimum atomic E-state index is -1.13. The molecular formula is C15H18N2O5S. The summed E-state index contributed by atoms with van der Waals surface area (Å²) in [4.78, 5) is 28.9. The van der Waals surface area contributed by atoms with E-state index in [-0.39, 0.29) is 17.4 Å². The van der Waals surface area contributed by atoms with E-state index < -0.39 is 11.9 Å². The van der Waals surface area contributed by atoms with Crippen LogP contribution < -0.4 is 0 Å². The number of carbonyl (C=O) groups is 2. The molecule has 0 aliphatic carbocycles. The predicted octanol–water partition coefficient (Wildman–Crippen LogP) is 2.80. The van der Waals surface area contributed by atoms with E-state index in [2.05, 4.69) is 4.98 Å². The third kappa shape index (κ3) is 4.17. The average molecular weight is 338 g/mol. The number of thiazole rings is 1. The van der Waals surface area contributed by atoms with Crippen LogP contribution in [0.2, 0.25) is 0 Å². The minimum Gasteiger partial charge on any atom is -0.478 e. The number of hydrogen-bond acceptors (Lipinski definition) is 6. The number of nitrogens with zero attached hydrogens (tertiary/aromatic N) is 2. The molecule has 0 aliphatic rings. The fourth-order valence-electron chi connectivity index (χ4n) is 1.97. The van der Waals surface area contributed by atoms with Crippen LogP contribution in [0.5, 0.6) is 0 Å². The lowest BCUT2D eigenvalue weighted by Gasteiger charge is -2.14. The minimum absolute atomic E-state index is 0.0111. The van der Waals surface area contributed by atoms with Crippen molar-refractivity contribution in [2.45, 2.75) is 26.5 Å². The molecule has 0 saturated heterocycles. The number of rotatable bonds is 7.